The maximum atomic E-state index is 13.1. The molecule has 2 amide bonds. The second-order valence-corrected chi connectivity index (χ2v) is 11.1. The summed E-state index contributed by atoms with van der Waals surface area (Å²) >= 11 is 3.06. The number of nitrogens with one attached hydrogen (secondary N) is 1. The van der Waals surface area contributed by atoms with Gasteiger partial charge >= 0.3 is 0 Å². The van der Waals surface area contributed by atoms with E-state index >= 15 is 0 Å². The number of rotatable bonds is 8. The quantitative estimate of drug-likeness (QED) is 0.238. The fraction of sp³-hybridized carbons (Fsp3) is 0.286. The second kappa shape index (κ2) is 12.3. The molecule has 4 N–H and O–H groups in total. The third kappa shape index (κ3) is 6.27. The van der Waals surface area contributed by atoms with Crippen molar-refractivity contribution in [1.29, 1.82) is 0 Å². The van der Waals surface area contributed by atoms with Crippen LogP contribution in [0.3, 0.4) is 0 Å². The van der Waals surface area contributed by atoms with E-state index in [1.807, 2.05) is 41.9 Å². The van der Waals surface area contributed by atoms with Crippen LogP contribution in [-0.4, -0.2) is 37.9 Å². The molecule has 0 radical (unpaired) electrons. The summed E-state index contributed by atoms with van der Waals surface area (Å²) in [7, 11) is 0. The van der Waals surface area contributed by atoms with Crippen LogP contribution in [-0.2, 0) is 6.54 Å². The molecule has 4 heterocycles. The van der Waals surface area contributed by atoms with Crippen LogP contribution >= 0.6 is 22.7 Å². The highest BCUT2D eigenvalue weighted by atomic mass is 32.1. The van der Waals surface area contributed by atoms with Crippen LogP contribution in [0.1, 0.15) is 58.7 Å². The molecule has 0 aliphatic carbocycles. The lowest BCUT2D eigenvalue weighted by atomic mass is 10.1. The number of thiazole rings is 1. The maximum absolute atomic E-state index is 13.1. The number of fused-ring (bicyclic) bond motifs is 2. The number of aromatic nitrogens is 3. The summed E-state index contributed by atoms with van der Waals surface area (Å²) in [5, 5.41) is 15.1. The molecule has 0 aliphatic heterocycles. The molecule has 0 aliphatic rings. The Labute approximate surface area is 229 Å². The molecule has 5 rings (SSSR count). The van der Waals surface area contributed by atoms with Crippen molar-refractivity contribution in [3.8, 4) is 11.3 Å². The highest BCUT2D eigenvalue weighted by molar-refractivity contribution is 7.16. The van der Waals surface area contributed by atoms with Gasteiger partial charge in [0.25, 0.3) is 11.8 Å². The molecule has 0 fully saturated rings. The van der Waals surface area contributed by atoms with E-state index in [2.05, 4.69) is 29.1 Å². The van der Waals surface area contributed by atoms with Crippen LogP contribution in [0.15, 0.2) is 52.8 Å². The van der Waals surface area contributed by atoms with E-state index in [4.69, 9.17) is 10.8 Å². The van der Waals surface area contributed by atoms with Gasteiger partial charge in [-0.1, -0.05) is 19.9 Å². The van der Waals surface area contributed by atoms with Gasteiger partial charge < -0.3 is 16.2 Å². The number of primary amides is 1. The van der Waals surface area contributed by atoms with Gasteiger partial charge in [-0.3, -0.25) is 14.0 Å². The number of amides is 2. The van der Waals surface area contributed by atoms with Crippen molar-refractivity contribution in [3.63, 3.8) is 0 Å². The zero-order valence-electron chi connectivity index (χ0n) is 21.6. The molecule has 0 atom stereocenters. The summed E-state index contributed by atoms with van der Waals surface area (Å²) in [5.41, 5.74) is 12.6. The SMILES string of the molecule is CC(C)CCCO.Cc1cc(C(=O)NCc2ccc3ncsc3c2)c2nc(-c3ccsc3)c(C(N)=O)n2c1. The van der Waals surface area contributed by atoms with Crippen LogP contribution in [0.2, 0.25) is 0 Å². The zero-order valence-corrected chi connectivity index (χ0v) is 23.2. The van der Waals surface area contributed by atoms with E-state index in [1.165, 1.54) is 11.3 Å². The number of benzene rings is 1. The standard InChI is InChI=1S/C22H17N5O2S2.C6H14O/c1-12-6-15(22(29)24-8-13-2-3-16-17(7-13)31-11-25-16)21-26-18(14-4-5-30-10-14)19(20(23)28)27(21)9-12;1-6(2)4-3-5-7/h2-7,9-11H,8H2,1H3,(H2,23,28)(H,24,29);6-7H,3-5H2,1-2H3. The summed E-state index contributed by atoms with van der Waals surface area (Å²) in [5.74, 6) is -0.119. The number of carbonyl (C=O) groups excluding carboxylic acids is 2. The van der Waals surface area contributed by atoms with Gasteiger partial charge in [0.05, 0.1) is 21.3 Å². The van der Waals surface area contributed by atoms with Crippen LogP contribution in [0.5, 0.6) is 0 Å². The van der Waals surface area contributed by atoms with Gasteiger partial charge in [0.1, 0.15) is 11.4 Å². The first-order valence-corrected chi connectivity index (χ1v) is 14.2. The van der Waals surface area contributed by atoms with E-state index in [1.54, 1.807) is 33.5 Å². The smallest absolute Gasteiger partial charge is 0.268 e. The van der Waals surface area contributed by atoms with Crippen molar-refractivity contribution < 1.29 is 14.7 Å². The number of pyridine rings is 1. The van der Waals surface area contributed by atoms with E-state index in [9.17, 15) is 9.59 Å². The Hall–Kier alpha value is -3.60. The van der Waals surface area contributed by atoms with E-state index in [0.717, 1.165) is 45.7 Å². The molecule has 0 saturated heterocycles. The number of aryl methyl sites for hydroxylation is 1. The van der Waals surface area contributed by atoms with Crippen molar-refractivity contribution in [3.05, 3.63) is 75.2 Å². The molecule has 8 nitrogen and oxygen atoms in total. The van der Waals surface area contributed by atoms with Gasteiger partial charge in [-0.25, -0.2) is 9.97 Å². The lowest BCUT2D eigenvalue weighted by Gasteiger charge is -2.08. The Balaban J connectivity index is 0.000000426. The molecular formula is C28H31N5O3S2. The first-order valence-electron chi connectivity index (χ1n) is 12.3. The van der Waals surface area contributed by atoms with Gasteiger partial charge in [-0.2, -0.15) is 11.3 Å². The van der Waals surface area contributed by atoms with Crippen molar-refractivity contribution in [2.24, 2.45) is 11.7 Å². The number of imidazole rings is 1. The highest BCUT2D eigenvalue weighted by Gasteiger charge is 2.23. The molecule has 38 heavy (non-hydrogen) atoms. The normalized spacial score (nSPS) is 11.1. The van der Waals surface area contributed by atoms with Gasteiger partial charge in [-0.05, 0) is 66.5 Å². The Morgan fingerprint density at radius 2 is 2.03 bits per heavy atom. The average Bonchev–Trinajstić information content (AvgIpc) is 3.64. The Morgan fingerprint density at radius 3 is 2.68 bits per heavy atom. The van der Waals surface area contributed by atoms with Crippen molar-refractivity contribution in [1.82, 2.24) is 19.7 Å². The summed E-state index contributed by atoms with van der Waals surface area (Å²) < 4.78 is 2.69. The molecule has 0 spiro atoms. The first-order chi connectivity index (χ1) is 18.3. The van der Waals surface area contributed by atoms with Crippen molar-refractivity contribution >= 4 is 50.4 Å². The number of carbonyl (C=O) groups is 2. The predicted octanol–water partition coefficient (Wildman–Crippen LogP) is 5.42. The summed E-state index contributed by atoms with van der Waals surface area (Å²) in [4.78, 5) is 34.2. The fourth-order valence-corrected chi connectivity index (χ4v) is 5.45. The Morgan fingerprint density at radius 1 is 1.21 bits per heavy atom. The molecular weight excluding hydrogens is 518 g/mol. The van der Waals surface area contributed by atoms with E-state index in [0.29, 0.717) is 30.1 Å². The highest BCUT2D eigenvalue weighted by Crippen LogP contribution is 2.28. The molecule has 198 valence electrons. The third-order valence-corrected chi connectivity index (χ3v) is 7.39. The second-order valence-electron chi connectivity index (χ2n) is 9.41. The summed E-state index contributed by atoms with van der Waals surface area (Å²) in [6.45, 7) is 6.90. The van der Waals surface area contributed by atoms with Crippen LogP contribution in [0, 0.1) is 12.8 Å². The molecule has 0 unspecified atom stereocenters. The van der Waals surface area contributed by atoms with E-state index < -0.39 is 5.91 Å². The van der Waals surface area contributed by atoms with Crippen LogP contribution in [0.25, 0.3) is 27.1 Å². The Kier molecular flexibility index (Phi) is 8.88. The first kappa shape index (κ1) is 27.4. The largest absolute Gasteiger partial charge is 0.396 e. The lowest BCUT2D eigenvalue weighted by molar-refractivity contribution is 0.0949. The number of aliphatic hydroxyl groups is 1. The van der Waals surface area contributed by atoms with Crippen LogP contribution < -0.4 is 11.1 Å². The molecule has 0 bridgehead atoms. The lowest BCUT2D eigenvalue weighted by Crippen LogP contribution is -2.24. The molecule has 4 aromatic heterocycles. The third-order valence-electron chi connectivity index (χ3n) is 5.92. The van der Waals surface area contributed by atoms with Crippen molar-refractivity contribution in [2.45, 2.75) is 40.2 Å². The summed E-state index contributed by atoms with van der Waals surface area (Å²) in [6.07, 6.45) is 3.88. The molecule has 10 heteroatoms. The minimum Gasteiger partial charge on any atom is -0.396 e. The van der Waals surface area contributed by atoms with Gasteiger partial charge in [0.2, 0.25) is 0 Å². The maximum Gasteiger partial charge on any atom is 0.268 e. The molecule has 1 aromatic carbocycles. The Bertz CT molecular complexity index is 1550. The minimum absolute atomic E-state index is 0.266. The van der Waals surface area contributed by atoms with Crippen molar-refractivity contribution in [2.75, 3.05) is 6.61 Å². The predicted molar refractivity (Wildman–Crippen MR) is 154 cm³/mol. The van der Waals surface area contributed by atoms with Crippen LogP contribution in [0.4, 0.5) is 0 Å². The molecule has 0 saturated carbocycles. The summed E-state index contributed by atoms with van der Waals surface area (Å²) in [6, 6.07) is 9.56. The zero-order chi connectivity index (χ0) is 27.2. The topological polar surface area (TPSA) is 123 Å². The number of nitrogens with zero attached hydrogens (tertiary/aromatic N) is 3. The number of nitrogens with two attached hydrogens (primary N) is 1. The fourth-order valence-electron chi connectivity index (χ4n) is 4.07. The van der Waals surface area contributed by atoms with Gasteiger partial charge in [-0.15, -0.1) is 11.3 Å². The monoisotopic (exact) mass is 549 g/mol. The average molecular weight is 550 g/mol. The van der Waals surface area contributed by atoms with E-state index in [-0.39, 0.29) is 11.6 Å². The number of hydrogen-bond donors (Lipinski definition) is 3. The molecule has 5 aromatic rings. The van der Waals surface area contributed by atoms with Gasteiger partial charge in [0, 0.05) is 30.3 Å². The number of thiophene rings is 1. The van der Waals surface area contributed by atoms with Gasteiger partial charge in [0.15, 0.2) is 5.65 Å². The number of hydrogen-bond acceptors (Lipinski definition) is 7. The number of aliphatic hydroxyl groups excluding tert-OH is 1. The minimum atomic E-state index is -0.594.